The number of alkyl carbamates (subject to hydrolysis) is 1. The summed E-state index contributed by atoms with van der Waals surface area (Å²) in [6, 6.07) is 7.72. The number of nitrogens with one attached hydrogen (secondary N) is 1. The zero-order valence-corrected chi connectivity index (χ0v) is 23.9. The minimum absolute atomic E-state index is 0. The van der Waals surface area contributed by atoms with Crippen LogP contribution < -0.4 is 10.2 Å². The number of nitrogens with zero attached hydrogens (tertiary/aromatic N) is 4. The first-order valence-corrected chi connectivity index (χ1v) is 14.2. The number of aromatic nitrogens is 1. The number of likely N-dealkylation sites (tertiary alicyclic amines) is 1. The van der Waals surface area contributed by atoms with E-state index in [2.05, 4.69) is 31.9 Å². The summed E-state index contributed by atoms with van der Waals surface area (Å²) in [5, 5.41) is 3.70. The molecule has 1 amide bonds. The number of piperidine rings is 1. The van der Waals surface area contributed by atoms with Crippen molar-refractivity contribution in [3.8, 4) is 0 Å². The molecule has 1 N–H and O–H groups in total. The summed E-state index contributed by atoms with van der Waals surface area (Å²) in [6.07, 6.45) is 4.47. The molecule has 10 heteroatoms. The van der Waals surface area contributed by atoms with E-state index in [9.17, 15) is 9.18 Å². The van der Waals surface area contributed by atoms with Gasteiger partial charge in [-0.3, -0.25) is 9.80 Å². The highest BCUT2D eigenvalue weighted by atomic mass is 35.5. The summed E-state index contributed by atoms with van der Waals surface area (Å²) in [7, 11) is 0. The molecule has 0 saturated carbocycles. The summed E-state index contributed by atoms with van der Waals surface area (Å²) in [4.78, 5) is 23.6. The maximum absolute atomic E-state index is 14.2. The van der Waals surface area contributed by atoms with E-state index in [1.807, 2.05) is 19.9 Å². The number of anilines is 1. The van der Waals surface area contributed by atoms with Gasteiger partial charge in [-0.15, -0.1) is 0 Å². The molecule has 0 unspecified atom stereocenters. The molecule has 1 atom stereocenters. The number of benzene rings is 1. The van der Waals surface area contributed by atoms with E-state index in [-0.39, 0.29) is 19.9 Å². The molecule has 0 bridgehead atoms. The van der Waals surface area contributed by atoms with E-state index in [1.165, 1.54) is 6.07 Å². The van der Waals surface area contributed by atoms with Gasteiger partial charge >= 0.3 is 6.09 Å². The van der Waals surface area contributed by atoms with Crippen molar-refractivity contribution in [1.82, 2.24) is 20.1 Å². The quantitative estimate of drug-likeness (QED) is 0.423. The third-order valence-electron chi connectivity index (χ3n) is 7.39. The second-order valence-electron chi connectivity index (χ2n) is 10.5. The molecule has 1 aromatic heterocycles. The first kappa shape index (κ1) is 28.9. The molecule has 2 saturated heterocycles. The van der Waals surface area contributed by atoms with Gasteiger partial charge in [-0.1, -0.05) is 36.2 Å². The zero-order chi connectivity index (χ0) is 27.2. The molecule has 0 radical (unpaired) electrons. The Labute approximate surface area is 236 Å². The average Bonchev–Trinajstić information content (AvgIpc) is 2.89. The van der Waals surface area contributed by atoms with Crippen molar-refractivity contribution >= 4 is 35.1 Å². The minimum atomic E-state index is -0.454. The normalized spacial score (nSPS) is 19.7. The lowest BCUT2D eigenvalue weighted by Gasteiger charge is -2.47. The topological polar surface area (TPSA) is 60.9 Å². The van der Waals surface area contributed by atoms with Crippen LogP contribution in [0.3, 0.4) is 0 Å². The zero-order valence-electron chi connectivity index (χ0n) is 22.4. The van der Waals surface area contributed by atoms with Crippen LogP contribution in [0.2, 0.25) is 10.0 Å². The lowest BCUT2D eigenvalue weighted by Crippen LogP contribution is -2.58. The number of rotatable bonds is 8. The Kier molecular flexibility index (Phi) is 10.1. The summed E-state index contributed by atoms with van der Waals surface area (Å²) < 4.78 is 19.5. The van der Waals surface area contributed by atoms with Gasteiger partial charge in [-0.05, 0) is 64.4 Å². The average molecular weight is 569 g/mol. The van der Waals surface area contributed by atoms with Gasteiger partial charge in [0.05, 0.1) is 5.02 Å². The Morgan fingerprint density at radius 3 is 2.63 bits per heavy atom. The maximum Gasteiger partial charge on any atom is 0.407 e. The summed E-state index contributed by atoms with van der Waals surface area (Å²) in [5.41, 5.74) is 1.46. The number of piperazine rings is 1. The van der Waals surface area contributed by atoms with Crippen LogP contribution in [0.4, 0.5) is 15.0 Å². The molecule has 1 aromatic carbocycles. The second kappa shape index (κ2) is 13.3. The van der Waals surface area contributed by atoms with Crippen LogP contribution in [-0.2, 0) is 17.9 Å². The molecule has 7 nitrogen and oxygen atoms in total. The predicted molar refractivity (Wildman–Crippen MR) is 153 cm³/mol. The van der Waals surface area contributed by atoms with Crippen LogP contribution in [0.15, 0.2) is 30.5 Å². The van der Waals surface area contributed by atoms with Crippen molar-refractivity contribution in [3.63, 3.8) is 0 Å². The summed E-state index contributed by atoms with van der Waals surface area (Å²) in [5.74, 6) is 0.547. The third-order valence-corrected chi connectivity index (χ3v) is 7.90. The highest BCUT2D eigenvalue weighted by Gasteiger charge is 2.34. The standard InChI is InChI=1S/C28H38Cl2FN5O2.H2/c1-4-23-17-35(27-25(30)13-20(15-32-27)18-38-28(37)33-19(2)3)11-12-36(23)24-7-9-34(10-8-24)16-21-5-6-22(29)14-26(21)31;/h5-6,13-15,19,23-24H,4,7-12,16-18H2,1-3H3,(H,33,37);1H/t23-;/m0./s1. The Bertz CT molecular complexity index is 1100. The third kappa shape index (κ3) is 7.50. The number of pyridine rings is 1. The Morgan fingerprint density at radius 2 is 1.97 bits per heavy atom. The first-order chi connectivity index (χ1) is 18.2. The van der Waals surface area contributed by atoms with E-state index < -0.39 is 6.09 Å². The molecule has 2 fully saturated rings. The number of halogens is 3. The molecule has 0 aliphatic carbocycles. The van der Waals surface area contributed by atoms with Crippen molar-refractivity contribution in [2.45, 2.75) is 71.3 Å². The summed E-state index contributed by atoms with van der Waals surface area (Å²) >= 11 is 12.5. The fourth-order valence-electron chi connectivity index (χ4n) is 5.41. The number of carbonyl (C=O) groups excluding carboxylic acids is 1. The lowest BCUT2D eigenvalue weighted by atomic mass is 9.97. The van der Waals surface area contributed by atoms with Gasteiger partial charge < -0.3 is 15.0 Å². The van der Waals surface area contributed by atoms with Crippen LogP contribution in [0.1, 0.15) is 52.6 Å². The van der Waals surface area contributed by atoms with E-state index in [1.54, 1.807) is 18.3 Å². The largest absolute Gasteiger partial charge is 0.445 e. The van der Waals surface area contributed by atoms with Gasteiger partial charge in [0.15, 0.2) is 0 Å². The van der Waals surface area contributed by atoms with Crippen LogP contribution in [0.25, 0.3) is 0 Å². The number of carbonyl (C=O) groups is 1. The maximum atomic E-state index is 14.2. The highest BCUT2D eigenvalue weighted by Crippen LogP contribution is 2.30. The van der Waals surface area contributed by atoms with Crippen molar-refractivity contribution in [1.29, 1.82) is 0 Å². The van der Waals surface area contributed by atoms with Gasteiger partial charge in [0.2, 0.25) is 0 Å². The SMILES string of the molecule is CC[C@H]1CN(c2ncc(COC(=O)NC(C)C)cc2Cl)CCN1C1CCN(Cc2ccc(Cl)cc2F)CC1.[HH]. The Balaban J connectivity index is 0.00000420. The minimum Gasteiger partial charge on any atom is -0.445 e. The Hall–Kier alpha value is -2.13. The Morgan fingerprint density at radius 1 is 1.21 bits per heavy atom. The molecule has 4 rings (SSSR count). The molecular formula is C28H40Cl2FN5O2. The van der Waals surface area contributed by atoms with Crippen LogP contribution >= 0.6 is 23.2 Å². The smallest absolute Gasteiger partial charge is 0.407 e. The van der Waals surface area contributed by atoms with Gasteiger partial charge in [0.25, 0.3) is 0 Å². The summed E-state index contributed by atoms with van der Waals surface area (Å²) in [6.45, 7) is 11.3. The molecule has 2 aromatic rings. The fraction of sp³-hybridized carbons (Fsp3) is 0.571. The highest BCUT2D eigenvalue weighted by molar-refractivity contribution is 6.33. The molecule has 210 valence electrons. The molecule has 38 heavy (non-hydrogen) atoms. The van der Waals surface area contributed by atoms with Gasteiger partial charge in [-0.25, -0.2) is 14.2 Å². The number of hydrogen-bond donors (Lipinski definition) is 1. The van der Waals surface area contributed by atoms with E-state index in [0.717, 1.165) is 63.4 Å². The molecule has 2 aliphatic heterocycles. The van der Waals surface area contributed by atoms with Gasteiger partial charge in [0.1, 0.15) is 18.2 Å². The molecular weight excluding hydrogens is 528 g/mol. The van der Waals surface area contributed by atoms with E-state index >= 15 is 0 Å². The van der Waals surface area contributed by atoms with Crippen LogP contribution in [0.5, 0.6) is 0 Å². The van der Waals surface area contributed by atoms with Crippen molar-refractivity contribution in [3.05, 3.63) is 57.5 Å². The fourth-order valence-corrected chi connectivity index (χ4v) is 5.88. The van der Waals surface area contributed by atoms with Crippen LogP contribution in [-0.4, -0.2) is 71.7 Å². The number of amides is 1. The lowest BCUT2D eigenvalue weighted by molar-refractivity contribution is 0.0607. The number of hydrogen-bond acceptors (Lipinski definition) is 6. The van der Waals surface area contributed by atoms with E-state index in [4.69, 9.17) is 27.9 Å². The predicted octanol–water partition coefficient (Wildman–Crippen LogP) is 5.97. The van der Waals surface area contributed by atoms with Crippen molar-refractivity contribution < 1.29 is 15.3 Å². The van der Waals surface area contributed by atoms with Gasteiger partial charge in [-0.2, -0.15) is 0 Å². The molecule has 3 heterocycles. The van der Waals surface area contributed by atoms with Gasteiger partial charge in [0, 0.05) is 68.1 Å². The van der Waals surface area contributed by atoms with Crippen LogP contribution in [0, 0.1) is 5.82 Å². The molecule has 2 aliphatic rings. The van der Waals surface area contributed by atoms with E-state index in [0.29, 0.717) is 34.2 Å². The van der Waals surface area contributed by atoms with Crippen molar-refractivity contribution in [2.24, 2.45) is 0 Å². The molecule has 0 spiro atoms. The number of ether oxygens (including phenoxy) is 1. The first-order valence-electron chi connectivity index (χ1n) is 13.5. The monoisotopic (exact) mass is 567 g/mol. The van der Waals surface area contributed by atoms with Crippen molar-refractivity contribution in [2.75, 3.05) is 37.6 Å². The second-order valence-corrected chi connectivity index (χ2v) is 11.4.